The van der Waals surface area contributed by atoms with E-state index >= 15 is 0 Å². The van der Waals surface area contributed by atoms with Gasteiger partial charge in [-0.2, -0.15) is 0 Å². The molecule has 0 spiro atoms. The lowest BCUT2D eigenvalue weighted by Gasteiger charge is -2.17. The molecule has 0 aromatic heterocycles. The first kappa shape index (κ1) is 16.7. The van der Waals surface area contributed by atoms with E-state index in [-0.39, 0.29) is 17.6 Å². The lowest BCUT2D eigenvalue weighted by molar-refractivity contribution is 0.0913. The highest BCUT2D eigenvalue weighted by molar-refractivity contribution is 5.98. The van der Waals surface area contributed by atoms with Crippen LogP contribution in [-0.2, 0) is 6.54 Å². The van der Waals surface area contributed by atoms with Crippen molar-refractivity contribution in [2.75, 3.05) is 13.1 Å². The average Bonchev–Trinajstić information content (AvgIpc) is 3.13. The van der Waals surface area contributed by atoms with Gasteiger partial charge < -0.3 is 0 Å². The number of rotatable bonds is 5. The summed E-state index contributed by atoms with van der Waals surface area (Å²) in [6.45, 7) is 2.62. The van der Waals surface area contributed by atoms with E-state index in [0.717, 1.165) is 25.2 Å². The first-order valence-corrected chi connectivity index (χ1v) is 9.22. The van der Waals surface area contributed by atoms with E-state index in [1.807, 2.05) is 42.5 Å². The molecule has 26 heavy (non-hydrogen) atoms. The highest BCUT2D eigenvalue weighted by Gasteiger charge is 2.38. The maximum Gasteiger partial charge on any atom is 0.167 e. The van der Waals surface area contributed by atoms with E-state index in [1.54, 1.807) is 0 Å². The molecule has 0 bridgehead atoms. The molecule has 4 rings (SSSR count). The summed E-state index contributed by atoms with van der Waals surface area (Å²) in [6, 6.07) is 30.7. The lowest BCUT2D eigenvalue weighted by Crippen LogP contribution is -2.23. The van der Waals surface area contributed by atoms with Crippen LogP contribution in [0.3, 0.4) is 0 Å². The molecule has 1 saturated heterocycles. The predicted molar refractivity (Wildman–Crippen MR) is 105 cm³/mol. The summed E-state index contributed by atoms with van der Waals surface area (Å²) < 4.78 is 0. The molecular formula is C24H23NO. The quantitative estimate of drug-likeness (QED) is 0.622. The van der Waals surface area contributed by atoms with E-state index in [0.29, 0.717) is 0 Å². The maximum absolute atomic E-state index is 13.2. The van der Waals surface area contributed by atoms with Gasteiger partial charge in [0.2, 0.25) is 0 Å². The Morgan fingerprint density at radius 2 is 1.35 bits per heavy atom. The Morgan fingerprint density at radius 1 is 0.769 bits per heavy atom. The first-order chi connectivity index (χ1) is 12.8. The molecule has 0 unspecified atom stereocenters. The minimum absolute atomic E-state index is 0.00325. The van der Waals surface area contributed by atoms with Gasteiger partial charge in [-0.15, -0.1) is 0 Å². The van der Waals surface area contributed by atoms with Gasteiger partial charge in [-0.3, -0.25) is 9.69 Å². The maximum atomic E-state index is 13.2. The van der Waals surface area contributed by atoms with Crippen LogP contribution in [0.15, 0.2) is 91.0 Å². The first-order valence-electron chi connectivity index (χ1n) is 9.22. The van der Waals surface area contributed by atoms with Crippen molar-refractivity contribution in [1.29, 1.82) is 0 Å². The number of hydrogen-bond acceptors (Lipinski definition) is 2. The summed E-state index contributed by atoms with van der Waals surface area (Å²) in [4.78, 5) is 15.6. The van der Waals surface area contributed by atoms with Crippen LogP contribution in [0.25, 0.3) is 0 Å². The second kappa shape index (κ2) is 7.67. The Balaban J connectivity index is 1.60. The van der Waals surface area contributed by atoms with Crippen LogP contribution in [0, 0.1) is 5.92 Å². The number of carbonyl (C=O) groups excluding carboxylic acids is 1. The number of Topliss-reactive ketones (excluding diaryl/α,β-unsaturated/α-hetero) is 1. The zero-order valence-electron chi connectivity index (χ0n) is 14.8. The summed E-state index contributed by atoms with van der Waals surface area (Å²) in [7, 11) is 0. The van der Waals surface area contributed by atoms with Crippen LogP contribution in [0.2, 0.25) is 0 Å². The van der Waals surface area contributed by atoms with Crippen molar-refractivity contribution in [2.45, 2.75) is 12.5 Å². The number of likely N-dealkylation sites (tertiary alicyclic amines) is 1. The molecule has 0 saturated carbocycles. The summed E-state index contributed by atoms with van der Waals surface area (Å²) in [6.07, 6.45) is 0. The third kappa shape index (κ3) is 3.61. The average molecular weight is 341 g/mol. The van der Waals surface area contributed by atoms with E-state index < -0.39 is 0 Å². The molecule has 0 radical (unpaired) electrons. The van der Waals surface area contributed by atoms with Crippen molar-refractivity contribution in [3.63, 3.8) is 0 Å². The number of ketones is 1. The molecule has 3 aromatic rings. The van der Waals surface area contributed by atoms with E-state index in [1.165, 1.54) is 11.1 Å². The van der Waals surface area contributed by atoms with Gasteiger partial charge in [0.15, 0.2) is 5.78 Å². The highest BCUT2D eigenvalue weighted by atomic mass is 16.1. The molecule has 1 heterocycles. The molecule has 1 aliphatic rings. The molecular weight excluding hydrogens is 318 g/mol. The van der Waals surface area contributed by atoms with Gasteiger partial charge in [0.1, 0.15) is 0 Å². The third-order valence-electron chi connectivity index (χ3n) is 5.27. The molecule has 2 atom stereocenters. The van der Waals surface area contributed by atoms with Gasteiger partial charge in [-0.1, -0.05) is 91.0 Å². The Hall–Kier alpha value is -2.71. The second-order valence-electron chi connectivity index (χ2n) is 7.03. The van der Waals surface area contributed by atoms with Crippen LogP contribution in [0.5, 0.6) is 0 Å². The molecule has 0 amide bonds. The van der Waals surface area contributed by atoms with Gasteiger partial charge in [0.05, 0.1) is 0 Å². The summed E-state index contributed by atoms with van der Waals surface area (Å²) in [5, 5.41) is 0. The smallest absolute Gasteiger partial charge is 0.167 e. The molecule has 3 aromatic carbocycles. The molecule has 1 fully saturated rings. The monoisotopic (exact) mass is 341 g/mol. The summed E-state index contributed by atoms with van der Waals surface area (Å²) in [5.74, 6) is 0.506. The fraction of sp³-hybridized carbons (Fsp3) is 0.208. The van der Waals surface area contributed by atoms with E-state index in [4.69, 9.17) is 0 Å². The van der Waals surface area contributed by atoms with E-state index in [2.05, 4.69) is 53.4 Å². The summed E-state index contributed by atoms with van der Waals surface area (Å²) in [5.41, 5.74) is 3.38. The standard InChI is InChI=1S/C24H23NO/c26-24(21-14-8-3-9-15-21)23-18-25(16-19-10-4-1-5-11-19)17-22(23)20-12-6-2-7-13-20/h1-15,22-23H,16-18H2/t22-,23+/m0/s1. The summed E-state index contributed by atoms with van der Waals surface area (Å²) >= 11 is 0. The zero-order chi connectivity index (χ0) is 17.8. The fourth-order valence-corrected chi connectivity index (χ4v) is 3.98. The topological polar surface area (TPSA) is 20.3 Å². The predicted octanol–water partition coefficient (Wildman–Crippen LogP) is 4.79. The second-order valence-corrected chi connectivity index (χ2v) is 7.03. The highest BCUT2D eigenvalue weighted by Crippen LogP contribution is 2.35. The van der Waals surface area contributed by atoms with Crippen molar-refractivity contribution >= 4 is 5.78 Å². The van der Waals surface area contributed by atoms with Crippen LogP contribution in [-0.4, -0.2) is 23.8 Å². The Labute approximate surface area is 155 Å². The number of hydrogen-bond donors (Lipinski definition) is 0. The van der Waals surface area contributed by atoms with Crippen molar-refractivity contribution in [1.82, 2.24) is 4.90 Å². The SMILES string of the molecule is O=C(c1ccccc1)[C@@H]1CN(Cc2ccccc2)C[C@H]1c1ccccc1. The molecule has 130 valence electrons. The fourth-order valence-electron chi connectivity index (χ4n) is 3.98. The van der Waals surface area contributed by atoms with Crippen LogP contribution in [0.4, 0.5) is 0 Å². The zero-order valence-corrected chi connectivity index (χ0v) is 14.8. The van der Waals surface area contributed by atoms with Crippen LogP contribution in [0.1, 0.15) is 27.4 Å². The van der Waals surface area contributed by atoms with Crippen molar-refractivity contribution < 1.29 is 4.79 Å². The number of benzene rings is 3. The van der Waals surface area contributed by atoms with Crippen molar-refractivity contribution in [3.8, 4) is 0 Å². The van der Waals surface area contributed by atoms with E-state index in [9.17, 15) is 4.79 Å². The Kier molecular flexibility index (Phi) is 4.94. The molecule has 2 heteroatoms. The van der Waals surface area contributed by atoms with Crippen molar-refractivity contribution in [2.24, 2.45) is 5.92 Å². The van der Waals surface area contributed by atoms with Crippen LogP contribution < -0.4 is 0 Å². The molecule has 0 aliphatic carbocycles. The van der Waals surface area contributed by atoms with Gasteiger partial charge in [0, 0.05) is 37.0 Å². The number of carbonyl (C=O) groups is 1. The Bertz CT molecular complexity index is 845. The molecule has 0 N–H and O–H groups in total. The van der Waals surface area contributed by atoms with Crippen LogP contribution >= 0.6 is 0 Å². The minimum Gasteiger partial charge on any atom is -0.298 e. The van der Waals surface area contributed by atoms with Gasteiger partial charge in [-0.05, 0) is 11.1 Å². The van der Waals surface area contributed by atoms with Gasteiger partial charge in [-0.25, -0.2) is 0 Å². The normalized spacial score (nSPS) is 20.2. The van der Waals surface area contributed by atoms with Crippen molar-refractivity contribution in [3.05, 3.63) is 108 Å². The Morgan fingerprint density at radius 3 is 2.00 bits per heavy atom. The molecule has 1 aliphatic heterocycles. The number of nitrogens with zero attached hydrogens (tertiary/aromatic N) is 1. The lowest BCUT2D eigenvalue weighted by atomic mass is 9.84. The van der Waals surface area contributed by atoms with Gasteiger partial charge in [0.25, 0.3) is 0 Å². The largest absolute Gasteiger partial charge is 0.298 e. The molecule has 2 nitrogen and oxygen atoms in total. The third-order valence-corrected chi connectivity index (χ3v) is 5.27. The van der Waals surface area contributed by atoms with Gasteiger partial charge >= 0.3 is 0 Å². The minimum atomic E-state index is 0.00325.